The van der Waals surface area contributed by atoms with E-state index in [4.69, 9.17) is 10.7 Å². The van der Waals surface area contributed by atoms with Crippen LogP contribution in [-0.4, -0.2) is 9.97 Å². The van der Waals surface area contributed by atoms with E-state index >= 15 is 0 Å². The molecule has 3 heteroatoms. The molecule has 0 spiro atoms. The van der Waals surface area contributed by atoms with Gasteiger partial charge in [0, 0.05) is 12.5 Å². The highest BCUT2D eigenvalue weighted by Crippen LogP contribution is 2.62. The molecule has 88 valence electrons. The number of H-pyrrole nitrogens is 1. The van der Waals surface area contributed by atoms with Crippen molar-refractivity contribution < 1.29 is 0 Å². The molecule has 2 aromatic rings. The summed E-state index contributed by atoms with van der Waals surface area (Å²) in [5, 5.41) is 0. The third kappa shape index (κ3) is 1.35. The van der Waals surface area contributed by atoms with Gasteiger partial charge in [-0.05, 0) is 42.4 Å². The molecule has 1 aromatic heterocycles. The quantitative estimate of drug-likeness (QED) is 0.828. The molecule has 3 nitrogen and oxygen atoms in total. The molecule has 2 unspecified atom stereocenters. The number of nitrogens with zero attached hydrogens (tertiary/aromatic N) is 1. The van der Waals surface area contributed by atoms with Crippen LogP contribution in [0.2, 0.25) is 0 Å². The van der Waals surface area contributed by atoms with Gasteiger partial charge in [0.05, 0.1) is 11.0 Å². The second kappa shape index (κ2) is 3.33. The van der Waals surface area contributed by atoms with E-state index in [1.165, 1.54) is 30.7 Å². The first-order valence-electron chi connectivity index (χ1n) is 6.55. The average Bonchev–Trinajstić information content (AvgIpc) is 2.77. The maximum atomic E-state index is 5.66. The molecule has 3 N–H and O–H groups in total. The Morgan fingerprint density at radius 1 is 1.29 bits per heavy atom. The van der Waals surface area contributed by atoms with Gasteiger partial charge in [-0.3, -0.25) is 0 Å². The fourth-order valence-electron chi connectivity index (χ4n) is 3.59. The molecule has 2 fully saturated rings. The van der Waals surface area contributed by atoms with E-state index in [1.807, 2.05) is 0 Å². The van der Waals surface area contributed by atoms with Gasteiger partial charge in [-0.25, -0.2) is 4.98 Å². The Kier molecular flexibility index (Phi) is 1.89. The highest BCUT2D eigenvalue weighted by molar-refractivity contribution is 5.76. The minimum absolute atomic E-state index is 0.596. The summed E-state index contributed by atoms with van der Waals surface area (Å²) in [6, 6.07) is 6.28. The number of aromatic nitrogens is 2. The predicted octanol–water partition coefficient (Wildman–Crippen LogP) is 2.54. The summed E-state index contributed by atoms with van der Waals surface area (Å²) >= 11 is 0. The Balaban J connectivity index is 1.73. The summed E-state index contributed by atoms with van der Waals surface area (Å²) < 4.78 is 0. The zero-order valence-corrected chi connectivity index (χ0v) is 9.82. The second-order valence-corrected chi connectivity index (χ2v) is 5.46. The van der Waals surface area contributed by atoms with Crippen LogP contribution in [0.15, 0.2) is 18.2 Å². The van der Waals surface area contributed by atoms with Gasteiger partial charge >= 0.3 is 0 Å². The van der Waals surface area contributed by atoms with E-state index in [-0.39, 0.29) is 0 Å². The molecular weight excluding hydrogens is 210 g/mol. The summed E-state index contributed by atoms with van der Waals surface area (Å²) in [6.45, 7) is 0.596. The molecule has 4 rings (SSSR count). The summed E-state index contributed by atoms with van der Waals surface area (Å²) in [4.78, 5) is 8.23. The highest BCUT2D eigenvalue weighted by Gasteiger charge is 2.54. The van der Waals surface area contributed by atoms with Gasteiger partial charge in [-0.1, -0.05) is 12.5 Å². The number of rotatable bonds is 2. The second-order valence-electron chi connectivity index (χ2n) is 5.46. The first-order chi connectivity index (χ1) is 8.36. The van der Waals surface area contributed by atoms with Crippen LogP contribution < -0.4 is 5.73 Å². The molecule has 0 aliphatic heterocycles. The van der Waals surface area contributed by atoms with Crippen LogP contribution >= 0.6 is 0 Å². The van der Waals surface area contributed by atoms with Gasteiger partial charge in [0.25, 0.3) is 0 Å². The monoisotopic (exact) mass is 227 g/mol. The molecular formula is C14H17N3. The lowest BCUT2D eigenvalue weighted by Gasteiger charge is -1.97. The van der Waals surface area contributed by atoms with Crippen molar-refractivity contribution in [3.63, 3.8) is 0 Å². The summed E-state index contributed by atoms with van der Waals surface area (Å²) in [5.74, 6) is 3.77. The number of benzene rings is 1. The van der Waals surface area contributed by atoms with E-state index in [2.05, 4.69) is 23.2 Å². The summed E-state index contributed by atoms with van der Waals surface area (Å²) in [5.41, 5.74) is 9.06. The number of hydrogen-bond acceptors (Lipinski definition) is 2. The number of imidazole rings is 1. The third-order valence-electron chi connectivity index (χ3n) is 4.52. The number of aromatic amines is 1. The Hall–Kier alpha value is -1.35. The molecule has 17 heavy (non-hydrogen) atoms. The number of fused-ring (bicyclic) bond motifs is 2. The molecule has 2 saturated carbocycles. The van der Waals surface area contributed by atoms with Crippen LogP contribution in [-0.2, 0) is 6.54 Å². The van der Waals surface area contributed by atoms with Gasteiger partial charge in [-0.2, -0.15) is 0 Å². The SMILES string of the molecule is NCc1ccc2nc(C3C4CCCC43)[nH]c2c1. The molecule has 0 saturated heterocycles. The highest BCUT2D eigenvalue weighted by atomic mass is 15.0. The van der Waals surface area contributed by atoms with Crippen LogP contribution in [0.4, 0.5) is 0 Å². The van der Waals surface area contributed by atoms with Gasteiger partial charge < -0.3 is 10.7 Å². The molecule has 0 radical (unpaired) electrons. The van der Waals surface area contributed by atoms with Crippen LogP contribution in [0, 0.1) is 11.8 Å². The maximum Gasteiger partial charge on any atom is 0.110 e. The van der Waals surface area contributed by atoms with Crippen molar-refractivity contribution in [2.24, 2.45) is 17.6 Å². The van der Waals surface area contributed by atoms with E-state index in [0.717, 1.165) is 28.8 Å². The lowest BCUT2D eigenvalue weighted by Crippen LogP contribution is -1.95. The number of nitrogens with two attached hydrogens (primary N) is 1. The maximum absolute atomic E-state index is 5.66. The fourth-order valence-corrected chi connectivity index (χ4v) is 3.59. The Bertz CT molecular complexity index is 562. The normalized spacial score (nSPS) is 30.8. The van der Waals surface area contributed by atoms with Gasteiger partial charge in [0.15, 0.2) is 0 Å². The Morgan fingerprint density at radius 2 is 2.12 bits per heavy atom. The van der Waals surface area contributed by atoms with Crippen molar-refractivity contribution in [3.05, 3.63) is 29.6 Å². The van der Waals surface area contributed by atoms with Gasteiger partial charge in [0.2, 0.25) is 0 Å². The largest absolute Gasteiger partial charge is 0.342 e. The van der Waals surface area contributed by atoms with Crippen molar-refractivity contribution in [2.75, 3.05) is 0 Å². The van der Waals surface area contributed by atoms with Gasteiger partial charge in [-0.15, -0.1) is 0 Å². The molecule has 2 aliphatic carbocycles. The molecule has 2 atom stereocenters. The minimum atomic E-state index is 0.596. The zero-order valence-electron chi connectivity index (χ0n) is 9.82. The van der Waals surface area contributed by atoms with Crippen molar-refractivity contribution in [3.8, 4) is 0 Å². The first-order valence-corrected chi connectivity index (χ1v) is 6.55. The van der Waals surface area contributed by atoms with E-state index < -0.39 is 0 Å². The van der Waals surface area contributed by atoms with Crippen LogP contribution in [0.1, 0.15) is 36.6 Å². The van der Waals surface area contributed by atoms with Crippen molar-refractivity contribution in [1.29, 1.82) is 0 Å². The van der Waals surface area contributed by atoms with E-state index in [0.29, 0.717) is 6.54 Å². The standard InChI is InChI=1S/C14H17N3/c15-7-8-4-5-11-12(6-8)17-14(16-11)13-9-2-1-3-10(9)13/h4-6,9-10,13H,1-3,7,15H2,(H,16,17). The third-order valence-corrected chi connectivity index (χ3v) is 4.52. The summed E-state index contributed by atoms with van der Waals surface area (Å²) in [7, 11) is 0. The lowest BCUT2D eigenvalue weighted by atomic mass is 10.1. The molecule has 2 aliphatic rings. The van der Waals surface area contributed by atoms with Crippen LogP contribution in [0.3, 0.4) is 0 Å². The number of hydrogen-bond donors (Lipinski definition) is 2. The average molecular weight is 227 g/mol. The summed E-state index contributed by atoms with van der Waals surface area (Å²) in [6.07, 6.45) is 4.23. The fraction of sp³-hybridized carbons (Fsp3) is 0.500. The Morgan fingerprint density at radius 3 is 2.88 bits per heavy atom. The molecule has 0 amide bonds. The molecule has 1 aromatic carbocycles. The van der Waals surface area contributed by atoms with E-state index in [9.17, 15) is 0 Å². The number of nitrogens with one attached hydrogen (secondary N) is 1. The smallest absolute Gasteiger partial charge is 0.110 e. The minimum Gasteiger partial charge on any atom is -0.342 e. The van der Waals surface area contributed by atoms with Crippen LogP contribution in [0.25, 0.3) is 11.0 Å². The van der Waals surface area contributed by atoms with Crippen LogP contribution in [0.5, 0.6) is 0 Å². The molecule has 1 heterocycles. The molecule has 0 bridgehead atoms. The first kappa shape index (κ1) is 9.66. The predicted molar refractivity (Wildman–Crippen MR) is 67.6 cm³/mol. The van der Waals surface area contributed by atoms with E-state index in [1.54, 1.807) is 0 Å². The van der Waals surface area contributed by atoms with Crippen molar-refractivity contribution in [1.82, 2.24) is 9.97 Å². The van der Waals surface area contributed by atoms with Crippen molar-refractivity contribution in [2.45, 2.75) is 31.7 Å². The zero-order chi connectivity index (χ0) is 11.4. The topological polar surface area (TPSA) is 54.7 Å². The van der Waals surface area contributed by atoms with Gasteiger partial charge in [0.1, 0.15) is 5.82 Å². The van der Waals surface area contributed by atoms with Crippen molar-refractivity contribution >= 4 is 11.0 Å². The Labute approximate surface area is 100 Å². The lowest BCUT2D eigenvalue weighted by molar-refractivity contribution is 0.664.